The topological polar surface area (TPSA) is 29.1 Å². The molecule has 2 rings (SSSR count). The van der Waals surface area contributed by atoms with Crippen molar-refractivity contribution >= 4 is 23.1 Å². The number of Topliss-reactive ketones (excluding diaryl/α,β-unsaturated/α-hetero) is 1. The number of hydrogen-bond donors (Lipinski definition) is 1. The molecule has 0 heterocycles. The molecule has 0 spiro atoms. The van der Waals surface area contributed by atoms with Gasteiger partial charge >= 0.3 is 0 Å². The lowest BCUT2D eigenvalue weighted by Gasteiger charge is -2.05. The molecule has 0 atom stereocenters. The van der Waals surface area contributed by atoms with Crippen LogP contribution in [0.3, 0.4) is 0 Å². The second-order valence-corrected chi connectivity index (χ2v) is 4.09. The van der Waals surface area contributed by atoms with Crippen LogP contribution < -0.4 is 5.32 Å². The Labute approximate surface area is 105 Å². The smallest absolute Gasteiger partial charge is 0.181 e. The van der Waals surface area contributed by atoms with E-state index in [9.17, 15) is 4.79 Å². The van der Waals surface area contributed by atoms with Gasteiger partial charge in [0.1, 0.15) is 0 Å². The summed E-state index contributed by atoms with van der Waals surface area (Å²) in [6.45, 7) is 0.268. The van der Waals surface area contributed by atoms with Gasteiger partial charge in [-0.15, -0.1) is 0 Å². The highest BCUT2D eigenvalue weighted by Crippen LogP contribution is 2.14. The normalized spacial score (nSPS) is 9.94. The standard InChI is InChI=1S/C14H12ClNO/c15-12-7-4-8-13(9-12)16-10-14(17)11-5-2-1-3-6-11/h1-9,16H,10H2. The first kappa shape index (κ1) is 11.7. The van der Waals surface area contributed by atoms with E-state index in [-0.39, 0.29) is 12.3 Å². The van der Waals surface area contributed by atoms with E-state index in [4.69, 9.17) is 11.6 Å². The van der Waals surface area contributed by atoms with Crippen molar-refractivity contribution in [2.24, 2.45) is 0 Å². The molecule has 0 saturated heterocycles. The summed E-state index contributed by atoms with van der Waals surface area (Å²) in [4.78, 5) is 11.8. The lowest BCUT2D eigenvalue weighted by Crippen LogP contribution is -2.13. The average Bonchev–Trinajstić information content (AvgIpc) is 2.37. The number of ketones is 1. The zero-order valence-corrected chi connectivity index (χ0v) is 9.95. The molecule has 0 aliphatic carbocycles. The Morgan fingerprint density at radius 1 is 1.06 bits per heavy atom. The van der Waals surface area contributed by atoms with Crippen LogP contribution in [0.2, 0.25) is 5.02 Å². The van der Waals surface area contributed by atoms with Gasteiger partial charge in [0, 0.05) is 16.3 Å². The Morgan fingerprint density at radius 3 is 2.53 bits per heavy atom. The minimum Gasteiger partial charge on any atom is -0.378 e. The maximum absolute atomic E-state index is 11.8. The number of carbonyl (C=O) groups excluding carboxylic acids is 1. The van der Waals surface area contributed by atoms with E-state index in [0.717, 1.165) is 5.69 Å². The average molecular weight is 246 g/mol. The van der Waals surface area contributed by atoms with Crippen molar-refractivity contribution in [1.82, 2.24) is 0 Å². The third-order valence-corrected chi connectivity index (χ3v) is 2.61. The number of carbonyl (C=O) groups is 1. The van der Waals surface area contributed by atoms with E-state index >= 15 is 0 Å². The van der Waals surface area contributed by atoms with Gasteiger partial charge in [-0.3, -0.25) is 4.79 Å². The van der Waals surface area contributed by atoms with Gasteiger partial charge in [0.25, 0.3) is 0 Å². The van der Waals surface area contributed by atoms with Crippen LogP contribution in [-0.4, -0.2) is 12.3 Å². The molecule has 2 aromatic rings. The van der Waals surface area contributed by atoms with Gasteiger partial charge in [0.05, 0.1) is 6.54 Å². The van der Waals surface area contributed by atoms with Crippen LogP contribution in [0.5, 0.6) is 0 Å². The van der Waals surface area contributed by atoms with Crippen molar-refractivity contribution < 1.29 is 4.79 Å². The van der Waals surface area contributed by atoms with Gasteiger partial charge in [-0.2, -0.15) is 0 Å². The number of anilines is 1. The zero-order chi connectivity index (χ0) is 12.1. The number of rotatable bonds is 4. The van der Waals surface area contributed by atoms with Gasteiger partial charge in [0.15, 0.2) is 5.78 Å². The molecule has 0 aliphatic rings. The summed E-state index contributed by atoms with van der Waals surface area (Å²) >= 11 is 5.85. The quantitative estimate of drug-likeness (QED) is 0.834. The summed E-state index contributed by atoms with van der Waals surface area (Å²) in [6, 6.07) is 16.5. The van der Waals surface area contributed by atoms with Gasteiger partial charge in [0.2, 0.25) is 0 Å². The molecule has 2 nitrogen and oxygen atoms in total. The van der Waals surface area contributed by atoms with E-state index in [1.165, 1.54) is 0 Å². The fraction of sp³-hybridized carbons (Fsp3) is 0.0714. The molecule has 17 heavy (non-hydrogen) atoms. The lowest BCUT2D eigenvalue weighted by atomic mass is 10.1. The van der Waals surface area contributed by atoms with Crippen molar-refractivity contribution in [3.63, 3.8) is 0 Å². The number of nitrogens with one attached hydrogen (secondary N) is 1. The lowest BCUT2D eigenvalue weighted by molar-refractivity contribution is 0.101. The van der Waals surface area contributed by atoms with Crippen molar-refractivity contribution in [1.29, 1.82) is 0 Å². The van der Waals surface area contributed by atoms with Crippen LogP contribution >= 0.6 is 11.6 Å². The van der Waals surface area contributed by atoms with Crippen LogP contribution in [0, 0.1) is 0 Å². The molecule has 2 aromatic carbocycles. The molecule has 0 fully saturated rings. The summed E-state index contributed by atoms with van der Waals surface area (Å²) < 4.78 is 0. The largest absolute Gasteiger partial charge is 0.378 e. The molecule has 0 aliphatic heterocycles. The second kappa shape index (κ2) is 5.51. The van der Waals surface area contributed by atoms with Crippen LogP contribution in [-0.2, 0) is 0 Å². The number of benzene rings is 2. The monoisotopic (exact) mass is 245 g/mol. The van der Waals surface area contributed by atoms with Crippen molar-refractivity contribution in [2.45, 2.75) is 0 Å². The Hall–Kier alpha value is -1.80. The Morgan fingerprint density at radius 2 is 1.82 bits per heavy atom. The molecule has 0 unspecified atom stereocenters. The maximum atomic E-state index is 11.8. The molecule has 0 radical (unpaired) electrons. The SMILES string of the molecule is O=C(CNc1cccc(Cl)c1)c1ccccc1. The number of hydrogen-bond acceptors (Lipinski definition) is 2. The molecule has 0 bridgehead atoms. The molecule has 0 saturated carbocycles. The minimum absolute atomic E-state index is 0.0607. The van der Waals surface area contributed by atoms with Crippen LogP contribution in [0.4, 0.5) is 5.69 Å². The highest BCUT2D eigenvalue weighted by Gasteiger charge is 2.04. The van der Waals surface area contributed by atoms with E-state index in [1.54, 1.807) is 12.1 Å². The Bertz CT molecular complexity index is 511. The Balaban J connectivity index is 1.97. The van der Waals surface area contributed by atoms with E-state index in [0.29, 0.717) is 10.6 Å². The van der Waals surface area contributed by atoms with Gasteiger partial charge in [-0.05, 0) is 18.2 Å². The third-order valence-electron chi connectivity index (χ3n) is 2.37. The van der Waals surface area contributed by atoms with Crippen molar-refractivity contribution in [3.8, 4) is 0 Å². The van der Waals surface area contributed by atoms with E-state index in [1.807, 2.05) is 42.5 Å². The summed E-state index contributed by atoms with van der Waals surface area (Å²) in [5, 5.41) is 3.70. The van der Waals surface area contributed by atoms with E-state index in [2.05, 4.69) is 5.32 Å². The number of halogens is 1. The first-order valence-electron chi connectivity index (χ1n) is 5.33. The Kier molecular flexibility index (Phi) is 3.78. The third kappa shape index (κ3) is 3.33. The molecular formula is C14H12ClNO. The summed E-state index contributed by atoms with van der Waals surface area (Å²) in [7, 11) is 0. The fourth-order valence-corrected chi connectivity index (χ4v) is 1.70. The highest BCUT2D eigenvalue weighted by molar-refractivity contribution is 6.30. The van der Waals surface area contributed by atoms with E-state index < -0.39 is 0 Å². The first-order valence-corrected chi connectivity index (χ1v) is 5.71. The first-order chi connectivity index (χ1) is 8.25. The molecular weight excluding hydrogens is 234 g/mol. The zero-order valence-electron chi connectivity index (χ0n) is 9.19. The fourth-order valence-electron chi connectivity index (χ4n) is 1.51. The van der Waals surface area contributed by atoms with Crippen LogP contribution in [0.1, 0.15) is 10.4 Å². The van der Waals surface area contributed by atoms with Crippen LogP contribution in [0.25, 0.3) is 0 Å². The van der Waals surface area contributed by atoms with Crippen molar-refractivity contribution in [3.05, 3.63) is 65.2 Å². The summed E-state index contributed by atoms with van der Waals surface area (Å²) in [5.41, 5.74) is 1.56. The summed E-state index contributed by atoms with van der Waals surface area (Å²) in [5.74, 6) is 0.0607. The van der Waals surface area contributed by atoms with Crippen LogP contribution in [0.15, 0.2) is 54.6 Å². The molecule has 0 amide bonds. The molecule has 86 valence electrons. The predicted molar refractivity (Wildman–Crippen MR) is 70.7 cm³/mol. The minimum atomic E-state index is 0.0607. The second-order valence-electron chi connectivity index (χ2n) is 3.65. The van der Waals surface area contributed by atoms with Gasteiger partial charge < -0.3 is 5.32 Å². The maximum Gasteiger partial charge on any atom is 0.181 e. The molecule has 0 aromatic heterocycles. The highest BCUT2D eigenvalue weighted by atomic mass is 35.5. The summed E-state index contributed by atoms with van der Waals surface area (Å²) in [6.07, 6.45) is 0. The van der Waals surface area contributed by atoms with Gasteiger partial charge in [-0.1, -0.05) is 48.0 Å². The van der Waals surface area contributed by atoms with Gasteiger partial charge in [-0.25, -0.2) is 0 Å². The van der Waals surface area contributed by atoms with Crippen molar-refractivity contribution in [2.75, 3.05) is 11.9 Å². The molecule has 1 N–H and O–H groups in total. The molecule has 3 heteroatoms. The predicted octanol–water partition coefficient (Wildman–Crippen LogP) is 3.63.